The van der Waals surface area contributed by atoms with Gasteiger partial charge < -0.3 is 19.6 Å². The molecule has 0 aromatic heterocycles. The summed E-state index contributed by atoms with van der Waals surface area (Å²) in [5.74, 6) is -1.37. The molecule has 1 N–H and O–H groups in total. The average Bonchev–Trinajstić information content (AvgIpc) is 3.15. The van der Waals surface area contributed by atoms with E-state index >= 15 is 0 Å². The molecule has 3 aromatic carbocycles. The Balaban J connectivity index is 1.68. The summed E-state index contributed by atoms with van der Waals surface area (Å²) < 4.78 is 5.85. The highest BCUT2D eigenvalue weighted by Crippen LogP contribution is 2.40. The summed E-state index contributed by atoms with van der Waals surface area (Å²) in [6, 6.07) is 19.4. The van der Waals surface area contributed by atoms with Gasteiger partial charge >= 0.3 is 0 Å². The van der Waals surface area contributed by atoms with E-state index in [9.17, 15) is 24.8 Å². The van der Waals surface area contributed by atoms with Gasteiger partial charge in [0.1, 0.15) is 18.1 Å². The fraction of sp³-hybridized carbons (Fsp3) is 0.241. The zero-order chi connectivity index (χ0) is 27.4. The fourth-order valence-corrected chi connectivity index (χ4v) is 4.41. The van der Waals surface area contributed by atoms with Gasteiger partial charge in [0.2, 0.25) is 0 Å². The molecule has 0 saturated carbocycles. The number of aliphatic hydroxyl groups is 1. The van der Waals surface area contributed by atoms with E-state index in [4.69, 9.17) is 4.74 Å². The first-order valence-corrected chi connectivity index (χ1v) is 12.1. The minimum Gasteiger partial charge on any atom is -0.507 e. The van der Waals surface area contributed by atoms with Crippen molar-refractivity contribution >= 4 is 23.1 Å². The number of hydrogen-bond acceptors (Lipinski definition) is 7. The molecule has 1 aliphatic rings. The van der Waals surface area contributed by atoms with E-state index < -0.39 is 22.7 Å². The summed E-state index contributed by atoms with van der Waals surface area (Å²) in [6.07, 6.45) is 0. The van der Waals surface area contributed by atoms with E-state index in [2.05, 4.69) is 0 Å². The van der Waals surface area contributed by atoms with Crippen LogP contribution in [0.2, 0.25) is 0 Å². The van der Waals surface area contributed by atoms with Crippen LogP contribution in [-0.4, -0.2) is 58.7 Å². The molecule has 9 heteroatoms. The van der Waals surface area contributed by atoms with E-state index in [0.29, 0.717) is 30.0 Å². The maximum atomic E-state index is 13.2. The van der Waals surface area contributed by atoms with E-state index in [-0.39, 0.29) is 23.6 Å². The average molecular weight is 516 g/mol. The Morgan fingerprint density at radius 1 is 1.05 bits per heavy atom. The molecule has 9 nitrogen and oxygen atoms in total. The lowest BCUT2D eigenvalue weighted by Gasteiger charge is -2.26. The van der Waals surface area contributed by atoms with Gasteiger partial charge in [-0.15, -0.1) is 0 Å². The number of carbonyl (C=O) groups excluding carboxylic acids is 2. The molecule has 1 saturated heterocycles. The van der Waals surface area contributed by atoms with Crippen LogP contribution in [0.5, 0.6) is 5.75 Å². The summed E-state index contributed by atoms with van der Waals surface area (Å²) in [7, 11) is 3.67. The maximum Gasteiger partial charge on any atom is 0.295 e. The van der Waals surface area contributed by atoms with Gasteiger partial charge in [-0.2, -0.15) is 0 Å². The van der Waals surface area contributed by atoms with Crippen molar-refractivity contribution in [3.8, 4) is 5.75 Å². The predicted octanol–water partition coefficient (Wildman–Crippen LogP) is 4.47. The van der Waals surface area contributed by atoms with Crippen LogP contribution in [0.15, 0.2) is 78.4 Å². The van der Waals surface area contributed by atoms with Crippen molar-refractivity contribution < 1.29 is 24.4 Å². The van der Waals surface area contributed by atoms with Gasteiger partial charge in [-0.3, -0.25) is 19.7 Å². The van der Waals surface area contributed by atoms with Crippen LogP contribution in [0, 0.1) is 17.0 Å². The van der Waals surface area contributed by atoms with Crippen molar-refractivity contribution in [1.29, 1.82) is 0 Å². The number of Topliss-reactive ketones (excluding diaryl/α,β-unsaturated/α-hetero) is 1. The quantitative estimate of drug-likeness (QED) is 0.147. The molecule has 3 aromatic rings. The summed E-state index contributed by atoms with van der Waals surface area (Å²) >= 11 is 0. The minimum absolute atomic E-state index is 0.109. The Morgan fingerprint density at radius 3 is 2.42 bits per heavy atom. The number of aryl methyl sites for hydroxylation is 1. The Labute approximate surface area is 220 Å². The lowest BCUT2D eigenvalue weighted by molar-refractivity contribution is -0.384. The van der Waals surface area contributed by atoms with Crippen molar-refractivity contribution in [2.45, 2.75) is 19.6 Å². The number of benzene rings is 3. The topological polar surface area (TPSA) is 113 Å². The predicted molar refractivity (Wildman–Crippen MR) is 143 cm³/mol. The minimum atomic E-state index is -0.966. The zero-order valence-electron chi connectivity index (χ0n) is 21.5. The number of carbonyl (C=O) groups is 2. The summed E-state index contributed by atoms with van der Waals surface area (Å²) in [5.41, 5.74) is 2.57. The van der Waals surface area contributed by atoms with Crippen LogP contribution >= 0.6 is 0 Å². The van der Waals surface area contributed by atoms with Gasteiger partial charge in [0.25, 0.3) is 17.4 Å². The second kappa shape index (κ2) is 11.3. The van der Waals surface area contributed by atoms with Gasteiger partial charge in [0, 0.05) is 30.8 Å². The Kier molecular flexibility index (Phi) is 7.87. The monoisotopic (exact) mass is 515 g/mol. The molecule has 1 unspecified atom stereocenters. The second-order valence-corrected chi connectivity index (χ2v) is 9.45. The molecule has 196 valence electrons. The molecule has 0 bridgehead atoms. The third-order valence-electron chi connectivity index (χ3n) is 6.34. The van der Waals surface area contributed by atoms with Crippen LogP contribution in [0.4, 0.5) is 5.69 Å². The molecule has 1 atom stereocenters. The Hall–Kier alpha value is -4.50. The molecule has 38 heavy (non-hydrogen) atoms. The number of nitro benzene ring substituents is 1. The second-order valence-electron chi connectivity index (χ2n) is 9.45. The lowest BCUT2D eigenvalue weighted by Crippen LogP contribution is -2.35. The molecule has 1 heterocycles. The number of nitrogens with zero attached hydrogens (tertiary/aromatic N) is 3. The highest BCUT2D eigenvalue weighted by molar-refractivity contribution is 6.46. The lowest BCUT2D eigenvalue weighted by atomic mass is 9.95. The van der Waals surface area contributed by atoms with Crippen molar-refractivity contribution in [3.05, 3.63) is 111 Å². The normalized spacial score (nSPS) is 16.7. The number of ketones is 1. The van der Waals surface area contributed by atoms with Gasteiger partial charge in [0.05, 0.1) is 16.5 Å². The van der Waals surface area contributed by atoms with Crippen molar-refractivity contribution in [2.75, 3.05) is 27.2 Å². The first-order valence-electron chi connectivity index (χ1n) is 12.1. The van der Waals surface area contributed by atoms with Crippen molar-refractivity contribution in [1.82, 2.24) is 9.80 Å². The van der Waals surface area contributed by atoms with Gasteiger partial charge in [-0.25, -0.2) is 0 Å². The third kappa shape index (κ3) is 5.73. The molecule has 1 fully saturated rings. The maximum absolute atomic E-state index is 13.2. The van der Waals surface area contributed by atoms with E-state index in [1.54, 1.807) is 30.3 Å². The number of hydrogen-bond donors (Lipinski definition) is 1. The number of ether oxygens (including phenoxy) is 1. The molecule has 0 aliphatic carbocycles. The standard InChI is InChI=1S/C29H29N3O6/c1-19-6-4-7-20(16-19)18-38-24-12-10-21(11-13-24)27(33)25-26(22-8-5-9-23(17-22)32(36)37)31(15-14-30(2)3)29(35)28(25)34/h4-13,16-17,26,33H,14-15,18H2,1-3H3. The van der Waals surface area contributed by atoms with Crippen LogP contribution in [-0.2, 0) is 16.2 Å². The summed E-state index contributed by atoms with van der Waals surface area (Å²) in [5, 5.41) is 22.6. The molecular formula is C29H29N3O6. The molecule has 0 radical (unpaired) electrons. The van der Waals surface area contributed by atoms with E-state index in [1.165, 1.54) is 23.1 Å². The van der Waals surface area contributed by atoms with Gasteiger partial charge in [-0.1, -0.05) is 42.0 Å². The van der Waals surface area contributed by atoms with Crippen molar-refractivity contribution in [2.24, 2.45) is 0 Å². The molecule has 0 spiro atoms. The molecule has 1 amide bonds. The van der Waals surface area contributed by atoms with Crippen molar-refractivity contribution in [3.63, 3.8) is 0 Å². The van der Waals surface area contributed by atoms with Crippen LogP contribution in [0.3, 0.4) is 0 Å². The van der Waals surface area contributed by atoms with E-state index in [1.807, 2.05) is 50.2 Å². The number of amides is 1. The fourth-order valence-electron chi connectivity index (χ4n) is 4.41. The highest BCUT2D eigenvalue weighted by atomic mass is 16.6. The SMILES string of the molecule is Cc1cccc(COc2ccc(C(O)=C3C(=O)C(=O)N(CCN(C)C)C3c3cccc([N+](=O)[O-])c3)cc2)c1. The third-order valence-corrected chi connectivity index (χ3v) is 6.34. The van der Waals surface area contributed by atoms with Crippen LogP contribution in [0.1, 0.15) is 28.3 Å². The van der Waals surface area contributed by atoms with Crippen LogP contribution < -0.4 is 4.74 Å². The highest BCUT2D eigenvalue weighted by Gasteiger charge is 2.46. The first kappa shape index (κ1) is 26.6. The van der Waals surface area contributed by atoms with E-state index in [0.717, 1.165) is 11.1 Å². The molecule has 1 aliphatic heterocycles. The summed E-state index contributed by atoms with van der Waals surface area (Å²) in [6.45, 7) is 3.04. The van der Waals surface area contributed by atoms with Gasteiger partial charge in [0.15, 0.2) is 0 Å². The number of nitro groups is 1. The smallest absolute Gasteiger partial charge is 0.295 e. The number of likely N-dealkylation sites (tertiary alicyclic amines) is 1. The largest absolute Gasteiger partial charge is 0.507 e. The van der Waals surface area contributed by atoms with Gasteiger partial charge in [-0.05, 0) is 56.4 Å². The zero-order valence-corrected chi connectivity index (χ0v) is 21.5. The Morgan fingerprint density at radius 2 is 1.76 bits per heavy atom. The number of rotatable bonds is 9. The molecular weight excluding hydrogens is 486 g/mol. The molecule has 4 rings (SSSR count). The Bertz CT molecular complexity index is 1400. The number of aliphatic hydroxyl groups excluding tert-OH is 1. The van der Waals surface area contributed by atoms with Crippen LogP contribution in [0.25, 0.3) is 5.76 Å². The summed E-state index contributed by atoms with van der Waals surface area (Å²) in [4.78, 5) is 40.3. The number of non-ortho nitro benzene ring substituents is 1. The number of likely N-dealkylation sites (N-methyl/N-ethyl adjacent to an activating group) is 1. The first-order chi connectivity index (χ1) is 18.2.